The fourth-order valence-corrected chi connectivity index (χ4v) is 18.8. The van der Waals surface area contributed by atoms with Gasteiger partial charge in [-0.3, -0.25) is 0 Å². The van der Waals surface area contributed by atoms with Crippen molar-refractivity contribution in [1.82, 2.24) is 0 Å². The van der Waals surface area contributed by atoms with Gasteiger partial charge in [-0.15, -0.1) is 0 Å². The average Bonchev–Trinajstić information content (AvgIpc) is 3.10. The predicted octanol–water partition coefficient (Wildman–Crippen LogP) is 11.8. The molecule has 1 aromatic carbocycles. The van der Waals surface area contributed by atoms with Gasteiger partial charge in [0.15, 0.2) is 0 Å². The van der Waals surface area contributed by atoms with Crippen LogP contribution in [0.15, 0.2) is 6.07 Å². The van der Waals surface area contributed by atoms with Gasteiger partial charge < -0.3 is 0 Å². The minimum atomic E-state index is 0.207. The Morgan fingerprint density at radius 2 is 0.630 bits per heavy atom. The van der Waals surface area contributed by atoms with Crippen molar-refractivity contribution >= 4 is 0 Å². The van der Waals surface area contributed by atoms with Crippen LogP contribution in [0.1, 0.15) is 176 Å². The molecule has 0 unspecified atom stereocenters. The zero-order valence-electron chi connectivity index (χ0n) is 33.0. The maximum Gasteiger partial charge on any atom is 0.0565 e. The van der Waals surface area contributed by atoms with Crippen molar-refractivity contribution in [3.05, 3.63) is 34.4 Å². The lowest BCUT2D eigenvalue weighted by atomic mass is 9.50. The molecular formula is C54H61. The van der Waals surface area contributed by atoms with E-state index < -0.39 is 0 Å². The highest BCUT2D eigenvalue weighted by molar-refractivity contribution is 5.63. The SMILES string of the molecule is C(#CC12CC3CC(CC(C3)C1)C2)c1[c]c(C#CC23CC4CC(CC(C4)C2)C3)c(C#CC23CC4CC(CC(C4)C2)C3)c(C#CC23CC4CC(CC(C4)C2)C3)c1. The first-order valence-electron chi connectivity index (χ1n) is 23.5. The maximum absolute atomic E-state index is 4.11. The summed E-state index contributed by atoms with van der Waals surface area (Å²) in [5.41, 5.74) is 5.24. The van der Waals surface area contributed by atoms with E-state index in [0.29, 0.717) is 0 Å². The second-order valence-electron chi connectivity index (χ2n) is 23.6. The van der Waals surface area contributed by atoms with Gasteiger partial charge in [0.25, 0.3) is 0 Å². The number of hydrogen-bond donors (Lipinski definition) is 0. The third-order valence-electron chi connectivity index (χ3n) is 19.1. The number of benzene rings is 1. The Hall–Kier alpha value is -2.54. The second-order valence-corrected chi connectivity index (χ2v) is 23.6. The van der Waals surface area contributed by atoms with Crippen molar-refractivity contribution in [3.8, 4) is 47.4 Å². The van der Waals surface area contributed by atoms with Gasteiger partial charge in [0.1, 0.15) is 0 Å². The maximum atomic E-state index is 4.11. The van der Waals surface area contributed by atoms with E-state index in [9.17, 15) is 0 Å². The van der Waals surface area contributed by atoms with Gasteiger partial charge in [-0.1, -0.05) is 47.4 Å². The Kier molecular flexibility index (Phi) is 6.95. The van der Waals surface area contributed by atoms with E-state index in [2.05, 4.69) is 59.5 Å². The van der Waals surface area contributed by atoms with Crippen LogP contribution >= 0.6 is 0 Å². The third-order valence-corrected chi connectivity index (χ3v) is 19.1. The Morgan fingerprint density at radius 1 is 0.352 bits per heavy atom. The van der Waals surface area contributed by atoms with Crippen LogP contribution in [0.25, 0.3) is 0 Å². The molecule has 16 fully saturated rings. The van der Waals surface area contributed by atoms with Crippen molar-refractivity contribution in [1.29, 1.82) is 0 Å². The second kappa shape index (κ2) is 11.5. The fourth-order valence-electron chi connectivity index (χ4n) is 18.8. The van der Waals surface area contributed by atoms with E-state index >= 15 is 0 Å². The Labute approximate surface area is 327 Å². The van der Waals surface area contributed by atoms with Gasteiger partial charge in [-0.25, -0.2) is 0 Å². The van der Waals surface area contributed by atoms with E-state index in [1.165, 1.54) is 154 Å². The van der Waals surface area contributed by atoms with Crippen LogP contribution in [0.4, 0.5) is 0 Å². The molecule has 16 aliphatic carbocycles. The Bertz CT molecular complexity index is 1810. The van der Waals surface area contributed by atoms with Gasteiger partial charge in [0.2, 0.25) is 0 Å². The minimum Gasteiger partial charge on any atom is -0.0910 e. The van der Waals surface area contributed by atoms with Crippen LogP contribution < -0.4 is 0 Å². The van der Waals surface area contributed by atoms with Crippen LogP contribution in [0, 0.1) is 146 Å². The summed E-state index contributed by atoms with van der Waals surface area (Å²) < 4.78 is 0. The fraction of sp³-hybridized carbons (Fsp3) is 0.741. The van der Waals surface area contributed by atoms with E-state index in [-0.39, 0.29) is 21.7 Å². The lowest BCUT2D eigenvalue weighted by Gasteiger charge is -2.54. The normalized spacial score (nSPS) is 51.1. The van der Waals surface area contributed by atoms with Crippen LogP contribution in [0.5, 0.6) is 0 Å². The van der Waals surface area contributed by atoms with E-state index in [1.807, 2.05) is 0 Å². The molecule has 16 aliphatic rings. The first-order valence-corrected chi connectivity index (χ1v) is 23.5. The molecule has 0 aliphatic heterocycles. The van der Waals surface area contributed by atoms with Gasteiger partial charge in [-0.05, 0) is 231 Å². The highest BCUT2D eigenvalue weighted by Crippen LogP contribution is 2.63. The molecule has 17 rings (SSSR count). The smallest absolute Gasteiger partial charge is 0.0565 e. The molecule has 16 saturated carbocycles. The monoisotopic (exact) mass is 709 g/mol. The topological polar surface area (TPSA) is 0 Å². The standard InChI is InChI=1S/C54H61/c1(5-51-23-36-9-37(24-51)11-38(10-36)25-51)35-21-48(2-6-52-26-39-12-40(27-52)14-41(13-39)28-52)50(4-8-54-32-45-18-46(33-54)20-47(19-45)34-54)49(22-35)3-7-53-29-42-15-43(30-53)17-44(16-42)31-53/h21,36-47H,9-20,23-34H2. The summed E-state index contributed by atoms with van der Waals surface area (Å²) in [4.78, 5) is 0. The molecule has 0 saturated heterocycles. The molecule has 0 spiro atoms. The molecular weight excluding hydrogens is 649 g/mol. The molecule has 0 N–H and O–H groups in total. The molecule has 54 heavy (non-hydrogen) atoms. The molecule has 277 valence electrons. The lowest BCUT2D eigenvalue weighted by Crippen LogP contribution is -2.45. The van der Waals surface area contributed by atoms with Crippen molar-refractivity contribution in [2.45, 2.75) is 154 Å². The van der Waals surface area contributed by atoms with Crippen molar-refractivity contribution in [2.24, 2.45) is 92.7 Å². The molecule has 16 bridgehead atoms. The van der Waals surface area contributed by atoms with Crippen LogP contribution in [0.3, 0.4) is 0 Å². The zero-order valence-corrected chi connectivity index (χ0v) is 33.0. The molecule has 0 aromatic heterocycles. The molecule has 0 nitrogen and oxygen atoms in total. The summed E-state index contributed by atoms with van der Waals surface area (Å²) in [6.07, 6.45) is 33.6. The third kappa shape index (κ3) is 5.49. The molecule has 0 heteroatoms. The van der Waals surface area contributed by atoms with Crippen LogP contribution in [-0.4, -0.2) is 0 Å². The average molecular weight is 710 g/mol. The molecule has 1 radical (unpaired) electrons. The van der Waals surface area contributed by atoms with Crippen molar-refractivity contribution < 1.29 is 0 Å². The summed E-state index contributed by atoms with van der Waals surface area (Å²) in [5.74, 6) is 43.1. The van der Waals surface area contributed by atoms with Crippen molar-refractivity contribution in [3.63, 3.8) is 0 Å². The number of rotatable bonds is 0. The zero-order chi connectivity index (χ0) is 35.3. The minimum absolute atomic E-state index is 0.207. The Morgan fingerprint density at radius 3 is 0.963 bits per heavy atom. The predicted molar refractivity (Wildman–Crippen MR) is 215 cm³/mol. The summed E-state index contributed by atoms with van der Waals surface area (Å²) >= 11 is 0. The van der Waals surface area contributed by atoms with E-state index in [1.54, 1.807) is 0 Å². The Balaban J connectivity index is 0.949. The van der Waals surface area contributed by atoms with Gasteiger partial charge in [-0.2, -0.15) is 0 Å². The van der Waals surface area contributed by atoms with Crippen LogP contribution in [0.2, 0.25) is 0 Å². The lowest BCUT2D eigenvalue weighted by molar-refractivity contribution is -0.0183. The molecule has 0 amide bonds. The summed E-state index contributed by atoms with van der Waals surface area (Å²) in [6, 6.07) is 6.32. The summed E-state index contributed by atoms with van der Waals surface area (Å²) in [7, 11) is 0. The quantitative estimate of drug-likeness (QED) is 0.235. The van der Waals surface area contributed by atoms with E-state index in [4.69, 9.17) is 0 Å². The van der Waals surface area contributed by atoms with Crippen molar-refractivity contribution in [2.75, 3.05) is 0 Å². The summed E-state index contributed by atoms with van der Waals surface area (Å²) in [5, 5.41) is 0. The molecule has 1 aromatic rings. The van der Waals surface area contributed by atoms with Gasteiger partial charge in [0, 0.05) is 38.9 Å². The molecule has 0 heterocycles. The molecule has 0 atom stereocenters. The van der Waals surface area contributed by atoms with Gasteiger partial charge in [0.05, 0.1) is 11.1 Å². The highest BCUT2D eigenvalue weighted by Gasteiger charge is 2.53. The first kappa shape index (κ1) is 32.5. The largest absolute Gasteiger partial charge is 0.0910 e. The van der Waals surface area contributed by atoms with Crippen LogP contribution in [-0.2, 0) is 0 Å². The summed E-state index contributed by atoms with van der Waals surface area (Å²) in [6.45, 7) is 0. The highest BCUT2D eigenvalue weighted by atomic mass is 14.6. The first-order chi connectivity index (χ1) is 26.3. The number of hydrogen-bond acceptors (Lipinski definition) is 0. The van der Waals surface area contributed by atoms with Gasteiger partial charge >= 0.3 is 0 Å². The van der Waals surface area contributed by atoms with E-state index in [0.717, 1.165) is 93.3 Å².